The van der Waals surface area contributed by atoms with Crippen LogP contribution >= 0.6 is 11.6 Å². The van der Waals surface area contributed by atoms with Crippen LogP contribution in [-0.2, 0) is 14.8 Å². The Bertz CT molecular complexity index is 763. The largest absolute Gasteiger partial charge is 0.454 e. The number of carbonyl (C=O) groups excluding carboxylic acids is 1. The first-order valence-corrected chi connectivity index (χ1v) is 10.2. The van der Waals surface area contributed by atoms with Crippen molar-refractivity contribution in [2.24, 2.45) is 0 Å². The molecular formula is C15H20ClN3O5S. The van der Waals surface area contributed by atoms with E-state index in [0.717, 1.165) is 6.26 Å². The lowest BCUT2D eigenvalue weighted by Crippen LogP contribution is -2.46. The highest BCUT2D eigenvalue weighted by Gasteiger charge is 2.23. The Morgan fingerprint density at radius 1 is 1.28 bits per heavy atom. The minimum absolute atomic E-state index is 0.0717. The number of halogens is 1. The van der Waals surface area contributed by atoms with Crippen LogP contribution in [0, 0.1) is 0 Å². The van der Waals surface area contributed by atoms with Gasteiger partial charge in [-0.15, -0.1) is 0 Å². The highest BCUT2D eigenvalue weighted by molar-refractivity contribution is 7.88. The number of amides is 1. The van der Waals surface area contributed by atoms with Gasteiger partial charge in [-0.3, -0.25) is 9.69 Å². The molecule has 0 saturated carbocycles. The molecule has 3 rings (SSSR count). The third kappa shape index (κ3) is 4.97. The minimum atomic E-state index is -3.20. The van der Waals surface area contributed by atoms with E-state index in [9.17, 15) is 13.2 Å². The fraction of sp³-hybridized carbons (Fsp3) is 0.533. The molecule has 138 valence electrons. The van der Waals surface area contributed by atoms with E-state index in [-0.39, 0.29) is 25.3 Å². The van der Waals surface area contributed by atoms with Crippen LogP contribution in [0.4, 0.5) is 5.69 Å². The number of benzene rings is 1. The van der Waals surface area contributed by atoms with Crippen molar-refractivity contribution in [3.05, 3.63) is 17.2 Å². The first kappa shape index (κ1) is 18.2. The number of likely N-dealkylation sites (tertiary alicyclic amines) is 1. The van der Waals surface area contributed by atoms with Gasteiger partial charge in [-0.1, -0.05) is 11.6 Å². The zero-order valence-corrected chi connectivity index (χ0v) is 15.3. The number of nitrogens with zero attached hydrogens (tertiary/aromatic N) is 1. The van der Waals surface area contributed by atoms with Crippen LogP contribution in [0.15, 0.2) is 12.1 Å². The van der Waals surface area contributed by atoms with E-state index >= 15 is 0 Å². The number of ether oxygens (including phenoxy) is 2. The maximum atomic E-state index is 12.2. The summed E-state index contributed by atoms with van der Waals surface area (Å²) in [7, 11) is -3.20. The summed E-state index contributed by atoms with van der Waals surface area (Å²) in [6.07, 6.45) is 2.50. The molecule has 2 N–H and O–H groups in total. The Morgan fingerprint density at radius 2 is 1.92 bits per heavy atom. The number of anilines is 1. The molecule has 0 atom stereocenters. The molecule has 1 amide bonds. The minimum Gasteiger partial charge on any atom is -0.454 e. The van der Waals surface area contributed by atoms with Crippen molar-refractivity contribution in [3.63, 3.8) is 0 Å². The van der Waals surface area contributed by atoms with E-state index in [4.69, 9.17) is 21.1 Å². The maximum absolute atomic E-state index is 12.2. The lowest BCUT2D eigenvalue weighted by Gasteiger charge is -2.31. The summed E-state index contributed by atoms with van der Waals surface area (Å²) in [4.78, 5) is 14.2. The number of nitrogens with one attached hydrogen (secondary N) is 2. The molecule has 1 saturated heterocycles. The van der Waals surface area contributed by atoms with Crippen molar-refractivity contribution in [2.45, 2.75) is 18.9 Å². The molecule has 0 unspecified atom stereocenters. The molecule has 1 aromatic carbocycles. The van der Waals surface area contributed by atoms with Crippen molar-refractivity contribution in [2.75, 3.05) is 38.0 Å². The van der Waals surface area contributed by atoms with Crippen LogP contribution in [0.25, 0.3) is 0 Å². The van der Waals surface area contributed by atoms with Gasteiger partial charge in [-0.05, 0) is 12.8 Å². The number of carbonyl (C=O) groups is 1. The average Bonchev–Trinajstić information content (AvgIpc) is 2.95. The zero-order valence-electron chi connectivity index (χ0n) is 13.7. The fourth-order valence-electron chi connectivity index (χ4n) is 2.92. The molecule has 1 fully saturated rings. The third-order valence-electron chi connectivity index (χ3n) is 4.07. The number of sulfonamides is 1. The summed E-state index contributed by atoms with van der Waals surface area (Å²) < 4.78 is 35.6. The van der Waals surface area contributed by atoms with Crippen LogP contribution in [0.3, 0.4) is 0 Å². The Balaban J connectivity index is 1.51. The molecule has 10 heteroatoms. The van der Waals surface area contributed by atoms with Gasteiger partial charge in [0.15, 0.2) is 11.5 Å². The molecule has 2 aliphatic heterocycles. The first-order chi connectivity index (χ1) is 11.8. The molecule has 1 aromatic rings. The van der Waals surface area contributed by atoms with Gasteiger partial charge in [-0.2, -0.15) is 0 Å². The summed E-state index contributed by atoms with van der Waals surface area (Å²) >= 11 is 6.15. The molecule has 2 heterocycles. The predicted molar refractivity (Wildman–Crippen MR) is 93.6 cm³/mol. The predicted octanol–water partition coefficient (Wildman–Crippen LogP) is 1.02. The summed E-state index contributed by atoms with van der Waals surface area (Å²) in [5, 5.41) is 3.16. The van der Waals surface area contributed by atoms with Crippen molar-refractivity contribution in [1.29, 1.82) is 0 Å². The lowest BCUT2D eigenvalue weighted by atomic mass is 10.1. The topological polar surface area (TPSA) is 97.0 Å². The van der Waals surface area contributed by atoms with Crippen LogP contribution in [0.2, 0.25) is 5.02 Å². The second kappa shape index (κ2) is 7.36. The van der Waals surface area contributed by atoms with Gasteiger partial charge in [-0.25, -0.2) is 13.1 Å². The highest BCUT2D eigenvalue weighted by atomic mass is 35.5. The molecule has 0 bridgehead atoms. The summed E-state index contributed by atoms with van der Waals surface area (Å²) in [5.41, 5.74) is 0.476. The molecule has 0 aliphatic carbocycles. The smallest absolute Gasteiger partial charge is 0.238 e. The van der Waals surface area contributed by atoms with Gasteiger partial charge in [0.2, 0.25) is 22.7 Å². The molecule has 25 heavy (non-hydrogen) atoms. The average molecular weight is 390 g/mol. The Morgan fingerprint density at radius 3 is 2.56 bits per heavy atom. The van der Waals surface area contributed by atoms with Gasteiger partial charge >= 0.3 is 0 Å². The van der Waals surface area contributed by atoms with Crippen LogP contribution in [0.1, 0.15) is 12.8 Å². The van der Waals surface area contributed by atoms with Crippen LogP contribution < -0.4 is 19.5 Å². The van der Waals surface area contributed by atoms with Crippen molar-refractivity contribution in [3.8, 4) is 11.5 Å². The van der Waals surface area contributed by atoms with Gasteiger partial charge in [0.25, 0.3) is 0 Å². The molecule has 0 radical (unpaired) electrons. The second-order valence-electron chi connectivity index (χ2n) is 6.17. The van der Waals surface area contributed by atoms with E-state index in [1.807, 2.05) is 4.90 Å². The second-order valence-corrected chi connectivity index (χ2v) is 8.36. The lowest BCUT2D eigenvalue weighted by molar-refractivity contribution is -0.117. The van der Waals surface area contributed by atoms with Crippen molar-refractivity contribution in [1.82, 2.24) is 9.62 Å². The van der Waals surface area contributed by atoms with E-state index < -0.39 is 10.0 Å². The van der Waals surface area contributed by atoms with E-state index in [1.165, 1.54) is 0 Å². The quantitative estimate of drug-likeness (QED) is 0.780. The summed E-state index contributed by atoms with van der Waals surface area (Å²) in [5.74, 6) is 0.922. The normalized spacial score (nSPS) is 18.3. The van der Waals surface area contributed by atoms with Gasteiger partial charge < -0.3 is 14.8 Å². The third-order valence-corrected chi connectivity index (χ3v) is 5.15. The Hall–Kier alpha value is -1.55. The SMILES string of the molecule is CS(=O)(=O)NC1CCN(CC(=O)Nc2cc3c(cc2Cl)OCO3)CC1. The molecular weight excluding hydrogens is 370 g/mol. The van der Waals surface area contributed by atoms with E-state index in [1.54, 1.807) is 12.1 Å². The molecule has 2 aliphatic rings. The number of hydrogen-bond donors (Lipinski definition) is 2. The Kier molecular flexibility index (Phi) is 5.38. The number of fused-ring (bicyclic) bond motifs is 1. The number of rotatable bonds is 5. The standard InChI is InChI=1S/C15H20ClN3O5S/c1-25(21,22)18-10-2-4-19(5-3-10)8-15(20)17-12-7-14-13(6-11(12)16)23-9-24-14/h6-7,10,18H,2-5,8-9H2,1H3,(H,17,20). The zero-order chi connectivity index (χ0) is 18.0. The van der Waals surface area contributed by atoms with Gasteiger partial charge in [0.05, 0.1) is 23.5 Å². The van der Waals surface area contributed by atoms with Crippen molar-refractivity contribution >= 4 is 33.2 Å². The van der Waals surface area contributed by atoms with E-state index in [2.05, 4.69) is 10.0 Å². The first-order valence-electron chi connectivity index (χ1n) is 7.89. The van der Waals surface area contributed by atoms with Crippen LogP contribution in [-0.4, -0.2) is 57.9 Å². The monoisotopic (exact) mass is 389 g/mol. The van der Waals surface area contributed by atoms with Crippen LogP contribution in [0.5, 0.6) is 11.5 Å². The van der Waals surface area contributed by atoms with E-state index in [0.29, 0.717) is 48.1 Å². The number of piperidine rings is 1. The Labute approximate surface area is 151 Å². The molecule has 0 aromatic heterocycles. The number of hydrogen-bond acceptors (Lipinski definition) is 6. The summed E-state index contributed by atoms with van der Waals surface area (Å²) in [6, 6.07) is 3.18. The summed E-state index contributed by atoms with van der Waals surface area (Å²) in [6.45, 7) is 1.65. The molecule has 8 nitrogen and oxygen atoms in total. The maximum Gasteiger partial charge on any atom is 0.238 e. The van der Waals surface area contributed by atoms with Gasteiger partial charge in [0, 0.05) is 31.3 Å². The fourth-order valence-corrected chi connectivity index (χ4v) is 3.96. The highest BCUT2D eigenvalue weighted by Crippen LogP contribution is 2.39. The van der Waals surface area contributed by atoms with Crippen molar-refractivity contribution < 1.29 is 22.7 Å². The van der Waals surface area contributed by atoms with Gasteiger partial charge in [0.1, 0.15) is 0 Å². The molecule has 0 spiro atoms.